The first-order chi connectivity index (χ1) is 26.1. The fourth-order valence-electron chi connectivity index (χ4n) is 6.96. The van der Waals surface area contributed by atoms with Crippen LogP contribution in [0.4, 0.5) is 17.1 Å². The molecule has 0 amide bonds. The molecule has 9 aromatic rings. The molecule has 0 spiro atoms. The molecule has 2 heteroatoms. The van der Waals surface area contributed by atoms with E-state index in [9.17, 15) is 0 Å². The lowest BCUT2D eigenvalue weighted by molar-refractivity contribution is 1.19. The van der Waals surface area contributed by atoms with Gasteiger partial charge in [0.2, 0.25) is 0 Å². The van der Waals surface area contributed by atoms with Gasteiger partial charge in [0.1, 0.15) is 0 Å². The summed E-state index contributed by atoms with van der Waals surface area (Å²) in [6.07, 6.45) is 0. The van der Waals surface area contributed by atoms with E-state index >= 15 is 0 Å². The Hall–Kier alpha value is -6.12. The number of aromatic nitrogens is 1. The average Bonchev–Trinajstić information content (AvgIpc) is 3.57. The minimum Gasteiger partial charge on any atom is -0.310 e. The number of hydrogen-bond donors (Lipinski definition) is 0. The van der Waals surface area contributed by atoms with E-state index in [2.05, 4.69) is 71.6 Å². The Bertz CT molecular complexity index is 2970. The van der Waals surface area contributed by atoms with Crippen molar-refractivity contribution in [3.63, 3.8) is 0 Å². The van der Waals surface area contributed by atoms with Gasteiger partial charge >= 0.3 is 0 Å². The largest absolute Gasteiger partial charge is 0.310 e. The van der Waals surface area contributed by atoms with E-state index in [4.69, 9.17) is 11.0 Å². The Morgan fingerprint density at radius 1 is 0.413 bits per heavy atom. The van der Waals surface area contributed by atoms with E-state index in [1.54, 1.807) is 4.57 Å². The minimum absolute atomic E-state index is 0.0693. The van der Waals surface area contributed by atoms with E-state index in [1.807, 2.05) is 54.6 Å². The standard InChI is InChI=1S/C44H28N2/c1-3-11-33(12-4-1)45(34-13-5-2-6-14-34)35-21-19-29-25-39-41(27-31(29)23-35)40-26-30-20-22-36(24-32(30)28-42(39)40)46-43-17-9-7-15-37(43)38-16-8-10-18-44(38)46/h1-28H/i7D,8D,9D,10D,15D,16D,17D,18D. The van der Waals surface area contributed by atoms with Gasteiger partial charge in [0.05, 0.1) is 22.0 Å². The summed E-state index contributed by atoms with van der Waals surface area (Å²) in [5.74, 6) is 0. The Balaban J connectivity index is 1.12. The molecule has 0 bridgehead atoms. The quantitative estimate of drug-likeness (QED) is 0.197. The second kappa shape index (κ2) is 9.69. The van der Waals surface area contributed by atoms with Crippen molar-refractivity contribution < 1.29 is 11.0 Å². The first-order valence-electron chi connectivity index (χ1n) is 19.2. The van der Waals surface area contributed by atoms with Crippen LogP contribution in [-0.2, 0) is 0 Å². The van der Waals surface area contributed by atoms with Crippen molar-refractivity contribution >= 4 is 60.4 Å². The van der Waals surface area contributed by atoms with Crippen molar-refractivity contribution in [3.8, 4) is 27.9 Å². The Labute approximate surface area is 278 Å². The zero-order valence-corrected chi connectivity index (χ0v) is 24.4. The summed E-state index contributed by atoms with van der Waals surface area (Å²) in [7, 11) is 0. The molecule has 8 aromatic carbocycles. The Morgan fingerprint density at radius 2 is 0.891 bits per heavy atom. The number of rotatable bonds is 4. The fraction of sp³-hybridized carbons (Fsp3) is 0. The van der Waals surface area contributed by atoms with Gasteiger partial charge in [-0.25, -0.2) is 0 Å². The van der Waals surface area contributed by atoms with E-state index in [-0.39, 0.29) is 46.0 Å². The van der Waals surface area contributed by atoms with Crippen LogP contribution in [0.1, 0.15) is 11.0 Å². The molecule has 0 unspecified atom stereocenters. The van der Waals surface area contributed by atoms with Gasteiger partial charge in [-0.05, 0) is 129 Å². The molecule has 1 heterocycles. The minimum atomic E-state index is -0.455. The number of hydrogen-bond acceptors (Lipinski definition) is 1. The molecule has 10 rings (SSSR count). The molecular weight excluding hydrogens is 556 g/mol. The van der Waals surface area contributed by atoms with Crippen LogP contribution in [0.3, 0.4) is 0 Å². The van der Waals surface area contributed by atoms with Crippen LogP contribution in [0.15, 0.2) is 170 Å². The molecule has 1 aromatic heterocycles. The van der Waals surface area contributed by atoms with Crippen LogP contribution in [0.2, 0.25) is 0 Å². The van der Waals surface area contributed by atoms with Gasteiger partial charge in [0.15, 0.2) is 0 Å². The Morgan fingerprint density at radius 3 is 1.46 bits per heavy atom. The summed E-state index contributed by atoms with van der Waals surface area (Å²) in [6, 6.07) is 38.6. The van der Waals surface area contributed by atoms with Gasteiger partial charge in [-0.3, -0.25) is 0 Å². The first-order valence-corrected chi connectivity index (χ1v) is 15.2. The van der Waals surface area contributed by atoms with Crippen LogP contribution < -0.4 is 4.90 Å². The summed E-state index contributed by atoms with van der Waals surface area (Å²) in [5.41, 5.74) is 8.51. The third-order valence-corrected chi connectivity index (χ3v) is 9.08. The number of fused-ring (bicyclic) bond motifs is 9. The average molecular weight is 593 g/mol. The van der Waals surface area contributed by atoms with Crippen molar-refractivity contribution in [2.45, 2.75) is 0 Å². The molecule has 0 saturated heterocycles. The van der Waals surface area contributed by atoms with E-state index in [0.717, 1.165) is 55.3 Å². The number of para-hydroxylation sites is 4. The summed E-state index contributed by atoms with van der Waals surface area (Å²) >= 11 is 0. The molecule has 46 heavy (non-hydrogen) atoms. The highest BCUT2D eigenvalue weighted by Gasteiger charge is 2.24. The second-order valence-corrected chi connectivity index (χ2v) is 11.6. The normalized spacial score (nSPS) is 14.3. The number of benzene rings is 8. The zero-order valence-electron chi connectivity index (χ0n) is 32.4. The van der Waals surface area contributed by atoms with Crippen LogP contribution in [0, 0.1) is 0 Å². The van der Waals surface area contributed by atoms with Crippen molar-refractivity contribution in [2.75, 3.05) is 4.90 Å². The molecule has 1 aliphatic carbocycles. The molecule has 214 valence electrons. The van der Waals surface area contributed by atoms with Gasteiger partial charge in [0, 0.05) is 33.5 Å². The predicted molar refractivity (Wildman–Crippen MR) is 195 cm³/mol. The SMILES string of the molecule is [2H]c1c([2H])c([2H])c2c(c1[2H])c1c([2H])c([2H])c([2H])c([2H])c1n2-c1ccc2cc3c(cc2c1)-c1cc2ccc(N(c4ccccc4)c4ccccc4)cc2cc1-3. The highest BCUT2D eigenvalue weighted by atomic mass is 15.1. The lowest BCUT2D eigenvalue weighted by Crippen LogP contribution is -2.09. The lowest BCUT2D eigenvalue weighted by Gasteiger charge is -2.28. The van der Waals surface area contributed by atoms with Gasteiger partial charge in [-0.1, -0.05) is 84.8 Å². The Kier molecular flexibility index (Phi) is 3.92. The highest BCUT2D eigenvalue weighted by Crippen LogP contribution is 2.51. The molecular formula is C44H28N2. The van der Waals surface area contributed by atoms with Crippen molar-refractivity contribution in [3.05, 3.63) is 170 Å². The summed E-state index contributed by atoms with van der Waals surface area (Å²) in [4.78, 5) is 2.26. The van der Waals surface area contributed by atoms with Crippen molar-refractivity contribution in [2.24, 2.45) is 0 Å². The third kappa shape index (κ3) is 3.71. The van der Waals surface area contributed by atoms with Crippen LogP contribution in [0.5, 0.6) is 0 Å². The monoisotopic (exact) mass is 592 g/mol. The van der Waals surface area contributed by atoms with E-state index in [0.29, 0.717) is 5.69 Å². The van der Waals surface area contributed by atoms with Crippen LogP contribution >= 0.6 is 0 Å². The molecule has 0 radical (unpaired) electrons. The predicted octanol–water partition coefficient (Wildman–Crippen LogP) is 12.2. The maximum Gasteiger partial charge on any atom is 0.0645 e. The number of nitrogens with zero attached hydrogens (tertiary/aromatic N) is 2. The first kappa shape index (κ1) is 18.6. The van der Waals surface area contributed by atoms with Crippen LogP contribution in [0.25, 0.3) is 71.3 Å². The van der Waals surface area contributed by atoms with Crippen molar-refractivity contribution in [1.29, 1.82) is 0 Å². The molecule has 1 aliphatic rings. The van der Waals surface area contributed by atoms with Crippen LogP contribution in [-0.4, -0.2) is 4.57 Å². The zero-order chi connectivity index (χ0) is 37.2. The fourth-order valence-corrected chi connectivity index (χ4v) is 6.96. The molecule has 0 fully saturated rings. The second-order valence-electron chi connectivity index (χ2n) is 11.6. The molecule has 2 nitrogen and oxygen atoms in total. The molecule has 0 aliphatic heterocycles. The highest BCUT2D eigenvalue weighted by molar-refractivity contribution is 6.13. The maximum atomic E-state index is 8.87. The molecule has 0 N–H and O–H groups in total. The molecule has 0 saturated carbocycles. The van der Waals surface area contributed by atoms with Gasteiger partial charge in [0.25, 0.3) is 0 Å². The smallest absolute Gasteiger partial charge is 0.0645 e. The van der Waals surface area contributed by atoms with Gasteiger partial charge in [-0.15, -0.1) is 0 Å². The van der Waals surface area contributed by atoms with E-state index in [1.165, 1.54) is 5.56 Å². The topological polar surface area (TPSA) is 8.17 Å². The lowest BCUT2D eigenvalue weighted by atomic mass is 9.78. The van der Waals surface area contributed by atoms with Crippen molar-refractivity contribution in [1.82, 2.24) is 4.57 Å². The van der Waals surface area contributed by atoms with Gasteiger partial charge < -0.3 is 9.47 Å². The third-order valence-electron chi connectivity index (χ3n) is 9.08. The molecule has 0 atom stereocenters. The summed E-state index contributed by atoms with van der Waals surface area (Å²) in [5, 5.41) is 4.25. The summed E-state index contributed by atoms with van der Waals surface area (Å²) in [6.45, 7) is 0. The van der Waals surface area contributed by atoms with Gasteiger partial charge in [-0.2, -0.15) is 0 Å². The maximum absolute atomic E-state index is 8.87. The number of anilines is 3. The summed E-state index contributed by atoms with van der Waals surface area (Å²) < 4.78 is 70.4. The van der Waals surface area contributed by atoms with E-state index < -0.39 is 24.2 Å².